The lowest BCUT2D eigenvalue weighted by molar-refractivity contribution is 0.0973. The molecule has 0 fully saturated rings. The van der Waals surface area contributed by atoms with Gasteiger partial charge in [-0.2, -0.15) is 0 Å². The maximum absolute atomic E-state index is 12.7. The Bertz CT molecular complexity index is 887. The highest BCUT2D eigenvalue weighted by atomic mass is 79.9. The highest BCUT2D eigenvalue weighted by Crippen LogP contribution is 2.47. The van der Waals surface area contributed by atoms with E-state index in [1.807, 2.05) is 0 Å². The molecule has 5 nitrogen and oxygen atoms in total. The van der Waals surface area contributed by atoms with Crippen molar-refractivity contribution in [3.63, 3.8) is 0 Å². The van der Waals surface area contributed by atoms with Crippen molar-refractivity contribution in [2.24, 2.45) is 0 Å². The zero-order chi connectivity index (χ0) is 17.0. The van der Waals surface area contributed by atoms with Gasteiger partial charge in [-0.15, -0.1) is 0 Å². The Labute approximate surface area is 147 Å². The van der Waals surface area contributed by atoms with Crippen LogP contribution in [-0.2, 0) is 0 Å². The van der Waals surface area contributed by atoms with E-state index >= 15 is 0 Å². The predicted octanol–water partition coefficient (Wildman–Crippen LogP) is 3.68. The van der Waals surface area contributed by atoms with Crippen molar-refractivity contribution in [2.75, 3.05) is 0 Å². The lowest BCUT2D eigenvalue weighted by atomic mass is 9.81. The number of ketones is 2. The van der Waals surface area contributed by atoms with Gasteiger partial charge in [0, 0.05) is 11.1 Å². The van der Waals surface area contributed by atoms with Crippen LogP contribution in [0.3, 0.4) is 0 Å². The van der Waals surface area contributed by atoms with Crippen LogP contribution in [0.4, 0.5) is 0 Å². The number of carbonyl (C=O) groups is 2. The number of halogens is 2. The van der Waals surface area contributed by atoms with E-state index < -0.39 is 21.1 Å². The molecule has 118 valence electrons. The fraction of sp³-hybridized carbons (Fsp3) is 0.125. The van der Waals surface area contributed by atoms with Gasteiger partial charge in [-0.05, 0) is 30.7 Å². The van der Waals surface area contributed by atoms with E-state index in [0.29, 0.717) is 5.56 Å². The van der Waals surface area contributed by atoms with Gasteiger partial charge in [-0.1, -0.05) is 31.9 Å². The van der Waals surface area contributed by atoms with Gasteiger partial charge in [0.25, 0.3) is 0 Å². The summed E-state index contributed by atoms with van der Waals surface area (Å²) in [5, 5.41) is 30.5. The van der Waals surface area contributed by atoms with Gasteiger partial charge in [-0.3, -0.25) is 9.59 Å². The fourth-order valence-corrected chi connectivity index (χ4v) is 3.65. The number of hydrogen-bond acceptors (Lipinski definition) is 5. The number of aryl methyl sites for hydroxylation is 1. The van der Waals surface area contributed by atoms with Crippen molar-refractivity contribution in [3.8, 4) is 17.2 Å². The second-order valence-corrected chi connectivity index (χ2v) is 8.31. The molecule has 3 rings (SSSR count). The summed E-state index contributed by atoms with van der Waals surface area (Å²) < 4.78 is -0.615. The molecule has 0 aromatic heterocycles. The molecule has 0 radical (unpaired) electrons. The standard InChI is InChI=1S/C16H10Br2O5/c1-5-2-6-10(8(19)3-5)14(22)11-7(13(6)21)4-9(20)12(15(11)23)16(17)18/h2-4,16,19-20,23H,1H3. The first kappa shape index (κ1) is 16.0. The van der Waals surface area contributed by atoms with Crippen LogP contribution >= 0.6 is 31.9 Å². The summed E-state index contributed by atoms with van der Waals surface area (Å²) in [7, 11) is 0. The van der Waals surface area contributed by atoms with E-state index in [1.54, 1.807) is 6.92 Å². The molecule has 0 spiro atoms. The van der Waals surface area contributed by atoms with Crippen LogP contribution in [0, 0.1) is 6.92 Å². The van der Waals surface area contributed by atoms with Crippen molar-refractivity contribution in [1.29, 1.82) is 0 Å². The Balaban J connectivity index is 2.39. The molecule has 7 heteroatoms. The number of phenolic OH excluding ortho intramolecular Hbond substituents is 3. The summed E-state index contributed by atoms with van der Waals surface area (Å²) in [6.07, 6.45) is 0. The van der Waals surface area contributed by atoms with Gasteiger partial charge < -0.3 is 15.3 Å². The zero-order valence-electron chi connectivity index (χ0n) is 11.7. The summed E-state index contributed by atoms with van der Waals surface area (Å²) in [6, 6.07) is 4.03. The van der Waals surface area contributed by atoms with E-state index in [4.69, 9.17) is 0 Å². The molecular weight excluding hydrogens is 432 g/mol. The topological polar surface area (TPSA) is 94.8 Å². The minimum Gasteiger partial charge on any atom is -0.507 e. The van der Waals surface area contributed by atoms with Crippen LogP contribution in [-0.4, -0.2) is 26.9 Å². The number of rotatable bonds is 1. The van der Waals surface area contributed by atoms with E-state index in [1.165, 1.54) is 12.1 Å². The summed E-state index contributed by atoms with van der Waals surface area (Å²) in [6.45, 7) is 1.69. The Hall–Kier alpha value is -1.86. The van der Waals surface area contributed by atoms with E-state index in [9.17, 15) is 24.9 Å². The van der Waals surface area contributed by atoms with Gasteiger partial charge in [-0.25, -0.2) is 0 Å². The molecule has 0 aliphatic heterocycles. The minimum absolute atomic E-state index is 0.0416. The Kier molecular flexibility index (Phi) is 3.72. The summed E-state index contributed by atoms with van der Waals surface area (Å²) in [5.74, 6) is -2.32. The Morgan fingerprint density at radius 1 is 0.870 bits per heavy atom. The highest BCUT2D eigenvalue weighted by molar-refractivity contribution is 9.24. The molecule has 0 heterocycles. The molecule has 0 bridgehead atoms. The molecule has 2 aromatic carbocycles. The van der Waals surface area contributed by atoms with Crippen molar-refractivity contribution in [2.45, 2.75) is 10.7 Å². The normalized spacial score (nSPS) is 13.2. The fourth-order valence-electron chi connectivity index (χ4n) is 2.75. The summed E-state index contributed by atoms with van der Waals surface area (Å²) in [5.41, 5.74) is 0.267. The van der Waals surface area contributed by atoms with Crippen molar-refractivity contribution >= 4 is 43.4 Å². The van der Waals surface area contributed by atoms with Crippen LogP contribution in [0.2, 0.25) is 0 Å². The van der Waals surface area contributed by atoms with E-state index in [0.717, 1.165) is 6.07 Å². The molecule has 0 amide bonds. The third-order valence-electron chi connectivity index (χ3n) is 3.74. The molecule has 0 saturated carbocycles. The molecular formula is C16H10Br2O5. The lowest BCUT2D eigenvalue weighted by Gasteiger charge is -2.22. The number of fused-ring (bicyclic) bond motifs is 2. The van der Waals surface area contributed by atoms with Crippen molar-refractivity contribution < 1.29 is 24.9 Å². The average Bonchev–Trinajstić information content (AvgIpc) is 2.42. The summed E-state index contributed by atoms with van der Waals surface area (Å²) >= 11 is 6.31. The minimum atomic E-state index is -0.661. The van der Waals surface area contributed by atoms with Crippen LogP contribution in [0.5, 0.6) is 17.2 Å². The molecule has 3 N–H and O–H groups in total. The third-order valence-corrected chi connectivity index (χ3v) is 4.66. The van der Waals surface area contributed by atoms with Crippen LogP contribution in [0.25, 0.3) is 0 Å². The zero-order valence-corrected chi connectivity index (χ0v) is 14.9. The van der Waals surface area contributed by atoms with Gasteiger partial charge in [0.2, 0.25) is 5.78 Å². The monoisotopic (exact) mass is 440 g/mol. The Morgan fingerprint density at radius 3 is 2.09 bits per heavy atom. The molecule has 2 aromatic rings. The number of benzene rings is 2. The van der Waals surface area contributed by atoms with Crippen LogP contribution in [0.15, 0.2) is 18.2 Å². The number of aromatic hydroxyl groups is 3. The Morgan fingerprint density at radius 2 is 1.48 bits per heavy atom. The molecule has 1 aliphatic carbocycles. The SMILES string of the molecule is Cc1cc(O)c2c(c1)C(=O)c1cc(O)c(C(Br)Br)c(O)c1C2=O. The maximum atomic E-state index is 12.7. The first-order valence-corrected chi connectivity index (χ1v) is 8.37. The quantitative estimate of drug-likeness (QED) is 0.501. The van der Waals surface area contributed by atoms with Crippen molar-refractivity contribution in [3.05, 3.63) is 51.6 Å². The molecule has 0 unspecified atom stereocenters. The first-order chi connectivity index (χ1) is 10.7. The molecule has 0 atom stereocenters. The molecule has 23 heavy (non-hydrogen) atoms. The lowest BCUT2D eigenvalue weighted by Crippen LogP contribution is -2.22. The first-order valence-electron chi connectivity index (χ1n) is 6.54. The van der Waals surface area contributed by atoms with Crippen LogP contribution < -0.4 is 0 Å². The largest absolute Gasteiger partial charge is 0.507 e. The maximum Gasteiger partial charge on any atom is 0.201 e. The number of alkyl halides is 2. The second-order valence-electron chi connectivity index (χ2n) is 5.25. The second kappa shape index (κ2) is 5.35. The predicted molar refractivity (Wildman–Crippen MR) is 90.1 cm³/mol. The van der Waals surface area contributed by atoms with Crippen LogP contribution in [0.1, 0.15) is 46.7 Å². The number of carbonyl (C=O) groups excluding carboxylic acids is 2. The number of hydrogen-bond donors (Lipinski definition) is 3. The smallest absolute Gasteiger partial charge is 0.201 e. The van der Waals surface area contributed by atoms with Crippen molar-refractivity contribution in [1.82, 2.24) is 0 Å². The number of phenols is 3. The van der Waals surface area contributed by atoms with Gasteiger partial charge in [0.15, 0.2) is 5.78 Å². The van der Waals surface area contributed by atoms with Gasteiger partial charge in [0.05, 0.1) is 16.7 Å². The van der Waals surface area contributed by atoms with Gasteiger partial charge >= 0.3 is 0 Å². The van der Waals surface area contributed by atoms with E-state index in [-0.39, 0.29) is 39.3 Å². The third kappa shape index (κ3) is 2.26. The van der Waals surface area contributed by atoms with Gasteiger partial charge in [0.1, 0.15) is 21.0 Å². The molecule has 0 saturated heterocycles. The highest BCUT2D eigenvalue weighted by Gasteiger charge is 2.37. The van der Waals surface area contributed by atoms with E-state index in [2.05, 4.69) is 31.9 Å². The summed E-state index contributed by atoms with van der Waals surface area (Å²) in [4.78, 5) is 25.3. The molecule has 1 aliphatic rings. The average molecular weight is 442 g/mol.